The summed E-state index contributed by atoms with van der Waals surface area (Å²) >= 11 is 4.73. The number of carbonyl (C=O) groups is 1. The first-order valence-electron chi connectivity index (χ1n) is 9.06. The van der Waals surface area contributed by atoms with Gasteiger partial charge in [0, 0.05) is 36.0 Å². The molecule has 3 aromatic rings. The highest BCUT2D eigenvalue weighted by atomic mass is 79.9. The number of nitrogens with zero attached hydrogens (tertiary/aromatic N) is 4. The number of nitriles is 2. The van der Waals surface area contributed by atoms with E-state index >= 15 is 0 Å². The number of hydrogen-bond acceptors (Lipinski definition) is 7. The Hall–Kier alpha value is -2.83. The zero-order valence-corrected chi connectivity index (χ0v) is 19.3. The Labute approximate surface area is 191 Å². The van der Waals surface area contributed by atoms with Crippen molar-refractivity contribution < 1.29 is 13.2 Å². The van der Waals surface area contributed by atoms with Crippen LogP contribution < -0.4 is 5.32 Å². The summed E-state index contributed by atoms with van der Waals surface area (Å²) < 4.78 is 28.6. The van der Waals surface area contributed by atoms with E-state index < -0.39 is 15.9 Å². The molecular formula is C20H16BrN5O3S2. The van der Waals surface area contributed by atoms with Crippen LogP contribution in [0, 0.1) is 22.7 Å². The van der Waals surface area contributed by atoms with Crippen LogP contribution in [0.4, 0.5) is 5.13 Å². The first-order valence-corrected chi connectivity index (χ1v) is 12.1. The minimum atomic E-state index is -3.88. The predicted octanol–water partition coefficient (Wildman–Crippen LogP) is 4.13. The number of nitrogens with one attached hydrogen (secondary N) is 1. The fraction of sp³-hybridized carbons (Fsp3) is 0.200. The van der Waals surface area contributed by atoms with Crippen LogP contribution in [-0.4, -0.2) is 36.7 Å². The molecular weight excluding hydrogens is 502 g/mol. The molecule has 11 heteroatoms. The number of fused-ring (bicyclic) bond motifs is 1. The predicted molar refractivity (Wildman–Crippen MR) is 121 cm³/mol. The molecule has 0 fully saturated rings. The van der Waals surface area contributed by atoms with Crippen LogP contribution in [0.3, 0.4) is 0 Å². The van der Waals surface area contributed by atoms with Gasteiger partial charge in [0.05, 0.1) is 27.3 Å². The Morgan fingerprint density at radius 3 is 2.35 bits per heavy atom. The van der Waals surface area contributed by atoms with Crippen molar-refractivity contribution in [3.63, 3.8) is 0 Å². The number of halogens is 1. The third-order valence-corrected chi connectivity index (χ3v) is 7.61. The van der Waals surface area contributed by atoms with Crippen molar-refractivity contribution in [2.24, 2.45) is 0 Å². The highest BCUT2D eigenvalue weighted by Crippen LogP contribution is 2.28. The molecule has 0 saturated heterocycles. The van der Waals surface area contributed by atoms with Gasteiger partial charge in [-0.3, -0.25) is 10.1 Å². The monoisotopic (exact) mass is 517 g/mol. The number of benzene rings is 2. The normalized spacial score (nSPS) is 11.2. The number of rotatable bonds is 8. The summed E-state index contributed by atoms with van der Waals surface area (Å²) in [5, 5.41) is 20.7. The van der Waals surface area contributed by atoms with Crippen LogP contribution in [0.15, 0.2) is 51.8 Å². The summed E-state index contributed by atoms with van der Waals surface area (Å²) in [6.07, 6.45) is 0.0355. The second-order valence-corrected chi connectivity index (χ2v) is 10.2. The van der Waals surface area contributed by atoms with Crippen molar-refractivity contribution in [2.45, 2.75) is 17.7 Å². The Morgan fingerprint density at radius 1 is 1.10 bits per heavy atom. The summed E-state index contributed by atoms with van der Waals surface area (Å²) in [4.78, 5) is 16.9. The molecule has 0 unspecified atom stereocenters. The minimum Gasteiger partial charge on any atom is -0.298 e. The lowest BCUT2D eigenvalue weighted by Gasteiger charge is -2.20. The van der Waals surface area contributed by atoms with Crippen molar-refractivity contribution in [1.82, 2.24) is 9.29 Å². The Bertz CT molecular complexity index is 1270. The largest absolute Gasteiger partial charge is 0.298 e. The molecule has 1 heterocycles. The van der Waals surface area contributed by atoms with Gasteiger partial charge < -0.3 is 0 Å². The van der Waals surface area contributed by atoms with E-state index in [0.717, 1.165) is 19.0 Å². The Kier molecular flexibility index (Phi) is 7.36. The zero-order chi connectivity index (χ0) is 22.4. The maximum Gasteiger partial charge on any atom is 0.257 e. The summed E-state index contributed by atoms with van der Waals surface area (Å²) in [5.74, 6) is -0.409. The van der Waals surface area contributed by atoms with E-state index in [4.69, 9.17) is 10.5 Å². The van der Waals surface area contributed by atoms with Gasteiger partial charge in [0.15, 0.2) is 5.13 Å². The maximum atomic E-state index is 12.8. The molecule has 0 atom stereocenters. The molecule has 8 nitrogen and oxygen atoms in total. The second kappa shape index (κ2) is 9.98. The van der Waals surface area contributed by atoms with Gasteiger partial charge in [-0.25, -0.2) is 13.4 Å². The zero-order valence-electron chi connectivity index (χ0n) is 16.1. The van der Waals surface area contributed by atoms with E-state index in [1.807, 2.05) is 30.3 Å². The molecule has 0 radical (unpaired) electrons. The Morgan fingerprint density at radius 2 is 1.74 bits per heavy atom. The molecule has 3 rings (SSSR count). The number of carbonyl (C=O) groups excluding carboxylic acids is 1. The summed E-state index contributed by atoms with van der Waals surface area (Å²) in [7, 11) is -3.88. The molecule has 2 aromatic carbocycles. The number of anilines is 1. The number of sulfonamides is 1. The van der Waals surface area contributed by atoms with E-state index in [0.29, 0.717) is 5.13 Å². The van der Waals surface area contributed by atoms with Crippen molar-refractivity contribution in [2.75, 3.05) is 18.4 Å². The maximum absolute atomic E-state index is 12.8. The van der Waals surface area contributed by atoms with Gasteiger partial charge in [0.2, 0.25) is 10.0 Å². The minimum absolute atomic E-state index is 0.00350. The lowest BCUT2D eigenvalue weighted by Crippen LogP contribution is -2.32. The van der Waals surface area contributed by atoms with Crippen molar-refractivity contribution in [3.8, 4) is 12.1 Å². The topological polar surface area (TPSA) is 127 Å². The van der Waals surface area contributed by atoms with E-state index in [1.54, 1.807) is 0 Å². The molecule has 1 amide bonds. The van der Waals surface area contributed by atoms with Gasteiger partial charge in [-0.15, -0.1) is 0 Å². The lowest BCUT2D eigenvalue weighted by atomic mass is 10.2. The third-order valence-electron chi connectivity index (χ3n) is 4.27. The number of hydrogen-bond donors (Lipinski definition) is 1. The third kappa shape index (κ3) is 5.46. The quantitative estimate of drug-likeness (QED) is 0.478. The number of thiazole rings is 1. The first kappa shape index (κ1) is 22.8. The number of aromatic nitrogens is 1. The molecule has 1 N–H and O–H groups in total. The van der Waals surface area contributed by atoms with Crippen LogP contribution in [0.2, 0.25) is 0 Å². The molecule has 158 valence electrons. The van der Waals surface area contributed by atoms with Crippen LogP contribution in [0.1, 0.15) is 23.2 Å². The van der Waals surface area contributed by atoms with Gasteiger partial charge in [-0.05, 0) is 42.5 Å². The van der Waals surface area contributed by atoms with Gasteiger partial charge in [-0.1, -0.05) is 27.3 Å². The van der Waals surface area contributed by atoms with Gasteiger partial charge in [-0.2, -0.15) is 14.8 Å². The van der Waals surface area contributed by atoms with Crippen LogP contribution in [-0.2, 0) is 10.0 Å². The fourth-order valence-electron chi connectivity index (χ4n) is 2.75. The molecule has 0 aliphatic carbocycles. The molecule has 0 bridgehead atoms. The number of amides is 1. The van der Waals surface area contributed by atoms with Crippen LogP contribution in [0.5, 0.6) is 0 Å². The molecule has 1 aromatic heterocycles. The lowest BCUT2D eigenvalue weighted by molar-refractivity contribution is 0.102. The van der Waals surface area contributed by atoms with E-state index in [9.17, 15) is 13.2 Å². The van der Waals surface area contributed by atoms with Gasteiger partial charge >= 0.3 is 0 Å². The molecule has 0 saturated carbocycles. The van der Waals surface area contributed by atoms with E-state index in [-0.39, 0.29) is 36.4 Å². The van der Waals surface area contributed by atoms with Crippen LogP contribution in [0.25, 0.3) is 10.2 Å². The van der Waals surface area contributed by atoms with E-state index in [2.05, 4.69) is 26.2 Å². The summed E-state index contributed by atoms with van der Waals surface area (Å²) in [5.41, 5.74) is 1.04. The van der Waals surface area contributed by atoms with Crippen LogP contribution >= 0.6 is 27.3 Å². The van der Waals surface area contributed by atoms with Gasteiger partial charge in [0.25, 0.3) is 5.91 Å². The average Bonchev–Trinajstić information content (AvgIpc) is 3.15. The first-order chi connectivity index (χ1) is 14.8. The highest BCUT2D eigenvalue weighted by Gasteiger charge is 2.24. The second-order valence-electron chi connectivity index (χ2n) is 6.33. The molecule has 31 heavy (non-hydrogen) atoms. The van der Waals surface area contributed by atoms with Crippen molar-refractivity contribution >= 4 is 58.5 Å². The molecule has 0 spiro atoms. The Balaban J connectivity index is 1.76. The molecule has 0 aliphatic heterocycles. The average molecular weight is 518 g/mol. The fourth-order valence-corrected chi connectivity index (χ4v) is 5.60. The SMILES string of the molecule is N#CCCN(CCC#N)S(=O)(=O)c1ccc(C(=O)Nc2nc3ccc(Br)cc3s2)cc1. The summed E-state index contributed by atoms with van der Waals surface area (Å²) in [6, 6.07) is 14.9. The van der Waals surface area contributed by atoms with E-state index in [1.165, 1.54) is 35.6 Å². The van der Waals surface area contributed by atoms with Crippen molar-refractivity contribution in [1.29, 1.82) is 10.5 Å². The standard InChI is InChI=1S/C20H16BrN5O3S2/c21-15-5-8-17-18(13-15)30-20(24-17)25-19(27)14-3-6-16(7-4-14)31(28,29)26(11-1-9-22)12-2-10-23/h3-8,13H,1-2,11-12H2,(H,24,25,27). The smallest absolute Gasteiger partial charge is 0.257 e. The summed E-state index contributed by atoms with van der Waals surface area (Å²) in [6.45, 7) is -0.00700. The van der Waals surface area contributed by atoms with Crippen molar-refractivity contribution in [3.05, 3.63) is 52.5 Å². The highest BCUT2D eigenvalue weighted by molar-refractivity contribution is 9.10. The van der Waals surface area contributed by atoms with Gasteiger partial charge in [0.1, 0.15) is 0 Å². The molecule has 0 aliphatic rings.